The molecule has 37 heavy (non-hydrogen) atoms. The van der Waals surface area contributed by atoms with E-state index in [0.29, 0.717) is 18.7 Å². The van der Waals surface area contributed by atoms with Gasteiger partial charge in [0.05, 0.1) is 17.5 Å². The molecular formula is C30H37ClN2O4. The average Bonchev–Trinajstić information content (AvgIpc) is 2.85. The maximum absolute atomic E-state index is 12.9. The van der Waals surface area contributed by atoms with Gasteiger partial charge in [-0.05, 0) is 76.4 Å². The largest absolute Gasteiger partial charge is 0.462 e. The van der Waals surface area contributed by atoms with Gasteiger partial charge in [-0.3, -0.25) is 4.99 Å². The van der Waals surface area contributed by atoms with Crippen molar-refractivity contribution in [1.29, 1.82) is 0 Å². The molecule has 1 aliphatic carbocycles. The van der Waals surface area contributed by atoms with Crippen molar-refractivity contribution < 1.29 is 19.1 Å². The summed E-state index contributed by atoms with van der Waals surface area (Å²) in [6.07, 6.45) is 0. The highest BCUT2D eigenvalue weighted by atomic mass is 35.5. The Hall–Kier alpha value is -3.35. The molecule has 2 aromatic rings. The van der Waals surface area contributed by atoms with Crippen LogP contribution < -0.4 is 10.7 Å². The van der Waals surface area contributed by atoms with E-state index in [4.69, 9.17) is 14.3 Å². The fourth-order valence-corrected chi connectivity index (χ4v) is 4.29. The van der Waals surface area contributed by atoms with E-state index in [9.17, 15) is 4.79 Å². The van der Waals surface area contributed by atoms with Crippen molar-refractivity contribution in [3.8, 4) is 22.5 Å². The Kier molecular flexibility index (Phi) is 11.2. The molecule has 0 saturated heterocycles. The summed E-state index contributed by atoms with van der Waals surface area (Å²) < 4.78 is 11.8. The van der Waals surface area contributed by atoms with Crippen LogP contribution in [-0.4, -0.2) is 37.4 Å². The van der Waals surface area contributed by atoms with Crippen LogP contribution in [0.25, 0.3) is 33.4 Å². The Morgan fingerprint density at radius 2 is 1.70 bits per heavy atom. The fourth-order valence-electron chi connectivity index (χ4n) is 4.29. The molecule has 2 aliphatic rings. The van der Waals surface area contributed by atoms with E-state index in [-0.39, 0.29) is 25.0 Å². The first-order chi connectivity index (χ1) is 17.4. The van der Waals surface area contributed by atoms with Crippen molar-refractivity contribution in [3.05, 3.63) is 70.6 Å². The first-order valence-electron chi connectivity index (χ1n) is 12.5. The lowest BCUT2D eigenvalue weighted by atomic mass is 9.89. The Morgan fingerprint density at radius 1 is 1.00 bits per heavy atom. The highest BCUT2D eigenvalue weighted by molar-refractivity contribution is 6.08. The molecule has 6 nitrogen and oxygen atoms in total. The number of aliphatic hydroxyl groups is 1. The van der Waals surface area contributed by atoms with Gasteiger partial charge in [-0.1, -0.05) is 18.2 Å². The number of halogens is 1. The average molecular weight is 525 g/mol. The Morgan fingerprint density at radius 3 is 2.35 bits per heavy atom. The van der Waals surface area contributed by atoms with E-state index in [2.05, 4.69) is 43.2 Å². The summed E-state index contributed by atoms with van der Waals surface area (Å²) in [4.78, 5) is 17.5. The summed E-state index contributed by atoms with van der Waals surface area (Å²) in [6.45, 7) is 13.8. The number of nitrogens with zero attached hydrogens (tertiary/aromatic N) is 1. The van der Waals surface area contributed by atoms with Crippen molar-refractivity contribution in [2.24, 2.45) is 4.99 Å². The molecule has 7 heteroatoms. The monoisotopic (exact) mass is 524 g/mol. The number of hydrogen-bond donors (Lipinski definition) is 2. The van der Waals surface area contributed by atoms with E-state index in [1.165, 1.54) is 0 Å². The van der Waals surface area contributed by atoms with Crippen LogP contribution in [0.5, 0.6) is 0 Å². The molecule has 0 spiro atoms. The molecule has 0 saturated carbocycles. The molecule has 2 aromatic carbocycles. The quantitative estimate of drug-likeness (QED) is 0.215. The molecule has 0 fully saturated rings. The highest BCUT2D eigenvalue weighted by Crippen LogP contribution is 2.43. The van der Waals surface area contributed by atoms with Crippen LogP contribution in [0.4, 0.5) is 5.69 Å². The minimum Gasteiger partial charge on any atom is -0.462 e. The summed E-state index contributed by atoms with van der Waals surface area (Å²) in [5, 5.41) is 12.8. The van der Waals surface area contributed by atoms with Gasteiger partial charge in [-0.15, -0.1) is 12.4 Å². The van der Waals surface area contributed by atoms with Gasteiger partial charge in [0.15, 0.2) is 0 Å². The number of aryl methyl sites for hydroxylation is 2. The van der Waals surface area contributed by atoms with Crippen LogP contribution in [0.2, 0.25) is 0 Å². The maximum atomic E-state index is 12.9. The van der Waals surface area contributed by atoms with Crippen molar-refractivity contribution in [1.82, 2.24) is 0 Å². The Labute approximate surface area is 225 Å². The zero-order valence-corrected chi connectivity index (χ0v) is 23.3. The number of hydrogen-bond acceptors (Lipinski definition) is 6. The molecule has 1 heterocycles. The number of esters is 1. The van der Waals surface area contributed by atoms with Crippen LogP contribution in [0.3, 0.4) is 0 Å². The Bertz CT molecular complexity index is 1390. The predicted octanol–water partition coefficient (Wildman–Crippen LogP) is 6.77. The number of benzene rings is 3. The summed E-state index contributed by atoms with van der Waals surface area (Å²) in [5.74, 6) is 0.408. The molecular weight excluding hydrogens is 488 g/mol. The van der Waals surface area contributed by atoms with Crippen LogP contribution in [0, 0.1) is 13.8 Å². The lowest BCUT2D eigenvalue weighted by Crippen LogP contribution is -2.10. The van der Waals surface area contributed by atoms with Crippen LogP contribution in [0.15, 0.2) is 57.9 Å². The van der Waals surface area contributed by atoms with E-state index in [1.807, 2.05) is 50.2 Å². The number of rotatable bonds is 6. The van der Waals surface area contributed by atoms with Crippen LogP contribution in [0.1, 0.15) is 49.2 Å². The number of anilines is 1. The second-order valence-corrected chi connectivity index (χ2v) is 8.36. The van der Waals surface area contributed by atoms with Gasteiger partial charge in [0.1, 0.15) is 11.3 Å². The van der Waals surface area contributed by atoms with Crippen LogP contribution >= 0.6 is 12.4 Å². The summed E-state index contributed by atoms with van der Waals surface area (Å²) >= 11 is 0. The second-order valence-electron chi connectivity index (χ2n) is 8.36. The number of ether oxygens (including phenoxy) is 1. The first kappa shape index (κ1) is 29.9. The summed E-state index contributed by atoms with van der Waals surface area (Å²) in [6, 6.07) is 15.9. The lowest BCUT2D eigenvalue weighted by molar-refractivity contribution is 0.0527. The standard InChI is InChI=1S/C28H30N2O3.C2H6O.ClH/c1-6-29-23-15-25-21(13-17(23)4)27(19-11-9-10-12-20(19)28(31)32-8-3)22-14-18(5)24(30-7-2)16-26(22)33-25;1-2-3;/h9-16,29H,6-8H2,1-5H3;3H,2H2,1H3;1H/b30-24-;;. The zero-order valence-electron chi connectivity index (χ0n) is 22.5. The van der Waals surface area contributed by atoms with Gasteiger partial charge in [-0.2, -0.15) is 0 Å². The van der Waals surface area contributed by atoms with Gasteiger partial charge < -0.3 is 19.6 Å². The summed E-state index contributed by atoms with van der Waals surface area (Å²) in [7, 11) is 0. The molecule has 1 aliphatic heterocycles. The van der Waals surface area contributed by atoms with Crippen molar-refractivity contribution in [2.75, 3.05) is 31.6 Å². The van der Waals surface area contributed by atoms with Gasteiger partial charge >= 0.3 is 5.97 Å². The molecule has 198 valence electrons. The zero-order chi connectivity index (χ0) is 26.2. The third-order valence-electron chi connectivity index (χ3n) is 5.77. The number of aliphatic hydroxyl groups excluding tert-OH is 1. The molecule has 0 amide bonds. The molecule has 4 rings (SSSR count). The number of carbonyl (C=O) groups excluding carboxylic acids is 1. The number of carbonyl (C=O) groups is 1. The third-order valence-corrected chi connectivity index (χ3v) is 5.77. The van der Waals surface area contributed by atoms with Crippen molar-refractivity contribution >= 4 is 35.0 Å². The topological polar surface area (TPSA) is 84.1 Å². The normalized spacial score (nSPS) is 11.1. The summed E-state index contributed by atoms with van der Waals surface area (Å²) in [5.41, 5.74) is 7.25. The SMILES string of the molecule is CC/N=c1/cc2oc3cc(NCC)c(C)cc3c(-c3ccccc3C(=O)OCC)c-2cc1C.CCO.Cl. The van der Waals surface area contributed by atoms with E-state index in [0.717, 1.165) is 62.1 Å². The fraction of sp³-hybridized carbons (Fsp3) is 0.333. The number of fused-ring (bicyclic) bond motifs is 2. The number of nitrogens with one attached hydrogen (secondary N) is 1. The van der Waals surface area contributed by atoms with E-state index < -0.39 is 0 Å². The van der Waals surface area contributed by atoms with Gasteiger partial charge in [0.25, 0.3) is 0 Å². The van der Waals surface area contributed by atoms with Crippen molar-refractivity contribution in [3.63, 3.8) is 0 Å². The maximum Gasteiger partial charge on any atom is 0.338 e. The van der Waals surface area contributed by atoms with E-state index in [1.54, 1.807) is 6.92 Å². The van der Waals surface area contributed by atoms with Gasteiger partial charge in [-0.25, -0.2) is 4.79 Å². The first-order valence-corrected chi connectivity index (χ1v) is 12.5. The molecule has 0 radical (unpaired) electrons. The van der Waals surface area contributed by atoms with Crippen LogP contribution in [-0.2, 0) is 4.74 Å². The highest BCUT2D eigenvalue weighted by Gasteiger charge is 2.23. The molecule has 0 unspecified atom stereocenters. The second kappa shape index (κ2) is 13.8. The van der Waals surface area contributed by atoms with E-state index >= 15 is 0 Å². The minimum atomic E-state index is -0.328. The Balaban J connectivity index is 0.00000115. The molecule has 0 bridgehead atoms. The molecule has 0 atom stereocenters. The predicted molar refractivity (Wildman–Crippen MR) is 154 cm³/mol. The lowest BCUT2D eigenvalue weighted by Gasteiger charge is -2.19. The third kappa shape index (κ3) is 6.51. The minimum absolute atomic E-state index is 0. The smallest absolute Gasteiger partial charge is 0.338 e. The molecule has 2 N–H and O–H groups in total. The van der Waals surface area contributed by atoms with Crippen molar-refractivity contribution in [2.45, 2.75) is 41.5 Å². The van der Waals surface area contributed by atoms with Gasteiger partial charge in [0.2, 0.25) is 0 Å². The molecule has 0 aromatic heterocycles. The van der Waals surface area contributed by atoms with Gasteiger partial charge in [0, 0.05) is 54.0 Å².